The van der Waals surface area contributed by atoms with E-state index < -0.39 is 5.54 Å². The van der Waals surface area contributed by atoms with Gasteiger partial charge in [0.05, 0.1) is 0 Å². The van der Waals surface area contributed by atoms with Crippen molar-refractivity contribution in [3.8, 4) is 0 Å². The van der Waals surface area contributed by atoms with Gasteiger partial charge in [-0.15, -0.1) is 12.4 Å². The lowest BCUT2D eigenvalue weighted by Gasteiger charge is -2.18. The van der Waals surface area contributed by atoms with Crippen LogP contribution in [0, 0.1) is 5.82 Å². The molecule has 3 nitrogen and oxygen atoms in total. The molecule has 0 aliphatic carbocycles. The number of amides is 1. The summed E-state index contributed by atoms with van der Waals surface area (Å²) >= 11 is 0. The van der Waals surface area contributed by atoms with Gasteiger partial charge >= 0.3 is 0 Å². The molecular formula is C11H16ClFN2O. The summed E-state index contributed by atoms with van der Waals surface area (Å²) in [6, 6.07) is 5.38. The van der Waals surface area contributed by atoms with E-state index in [1.807, 2.05) is 13.8 Å². The van der Waals surface area contributed by atoms with E-state index in [9.17, 15) is 9.18 Å². The second kappa shape index (κ2) is 5.82. The molecule has 1 aromatic rings. The number of halogens is 2. The van der Waals surface area contributed by atoms with E-state index in [-0.39, 0.29) is 24.1 Å². The van der Waals surface area contributed by atoms with Crippen molar-refractivity contribution in [1.82, 2.24) is 5.32 Å². The molecule has 1 aromatic carbocycles. The molecule has 0 bridgehead atoms. The van der Waals surface area contributed by atoms with Gasteiger partial charge in [0.25, 0.3) is 5.91 Å². The van der Waals surface area contributed by atoms with Gasteiger partial charge in [-0.25, -0.2) is 4.39 Å². The van der Waals surface area contributed by atoms with Crippen molar-refractivity contribution in [3.63, 3.8) is 0 Å². The molecular weight excluding hydrogens is 231 g/mol. The number of hydrogen-bond donors (Lipinski definition) is 2. The van der Waals surface area contributed by atoms with Crippen LogP contribution in [0.25, 0.3) is 0 Å². The molecule has 0 spiro atoms. The molecule has 90 valence electrons. The minimum atomic E-state index is -0.449. The van der Waals surface area contributed by atoms with E-state index in [4.69, 9.17) is 5.73 Å². The smallest absolute Gasteiger partial charge is 0.251 e. The first-order valence-corrected chi connectivity index (χ1v) is 4.71. The summed E-state index contributed by atoms with van der Waals surface area (Å²) in [5.41, 5.74) is 5.69. The van der Waals surface area contributed by atoms with Crippen molar-refractivity contribution in [2.24, 2.45) is 5.73 Å². The normalized spacial score (nSPS) is 10.5. The molecule has 0 atom stereocenters. The van der Waals surface area contributed by atoms with E-state index in [0.29, 0.717) is 12.1 Å². The summed E-state index contributed by atoms with van der Waals surface area (Å²) in [5.74, 6) is -0.598. The van der Waals surface area contributed by atoms with Crippen LogP contribution >= 0.6 is 12.4 Å². The maximum absolute atomic E-state index is 12.6. The summed E-state index contributed by atoms with van der Waals surface area (Å²) in [5, 5.41) is 2.67. The summed E-state index contributed by atoms with van der Waals surface area (Å²) in [6.45, 7) is 4.01. The molecule has 0 saturated heterocycles. The predicted molar refractivity (Wildman–Crippen MR) is 64.2 cm³/mol. The monoisotopic (exact) mass is 246 g/mol. The van der Waals surface area contributed by atoms with Crippen LogP contribution in [-0.4, -0.2) is 18.0 Å². The van der Waals surface area contributed by atoms with Gasteiger partial charge in [0.2, 0.25) is 0 Å². The Morgan fingerprint density at radius 3 is 2.31 bits per heavy atom. The number of carbonyl (C=O) groups is 1. The minimum absolute atomic E-state index is 0. The van der Waals surface area contributed by atoms with Gasteiger partial charge in [0.15, 0.2) is 0 Å². The second-order valence-corrected chi connectivity index (χ2v) is 4.18. The summed E-state index contributed by atoms with van der Waals surface area (Å²) in [6.07, 6.45) is 0. The van der Waals surface area contributed by atoms with Crippen LogP contribution in [0.4, 0.5) is 4.39 Å². The predicted octanol–water partition coefficient (Wildman–Crippen LogP) is 1.71. The Bertz CT molecular complexity index is 346. The van der Waals surface area contributed by atoms with E-state index in [2.05, 4.69) is 5.32 Å². The third-order valence-corrected chi connectivity index (χ3v) is 1.81. The highest BCUT2D eigenvalue weighted by Gasteiger charge is 2.13. The Balaban J connectivity index is 0.00000225. The molecule has 0 aliphatic heterocycles. The summed E-state index contributed by atoms with van der Waals surface area (Å²) < 4.78 is 12.6. The highest BCUT2D eigenvalue weighted by Crippen LogP contribution is 2.03. The lowest BCUT2D eigenvalue weighted by Crippen LogP contribution is -2.45. The number of hydrogen-bond acceptors (Lipinski definition) is 2. The first kappa shape index (κ1) is 14.9. The first-order chi connectivity index (χ1) is 6.88. The van der Waals surface area contributed by atoms with E-state index in [1.54, 1.807) is 0 Å². The minimum Gasteiger partial charge on any atom is -0.350 e. The average molecular weight is 247 g/mol. The fourth-order valence-corrected chi connectivity index (χ4v) is 1.01. The fourth-order valence-electron chi connectivity index (χ4n) is 1.01. The maximum atomic E-state index is 12.6. The fraction of sp³-hybridized carbons (Fsp3) is 0.364. The van der Waals surface area contributed by atoms with E-state index in [1.165, 1.54) is 24.3 Å². The number of nitrogens with one attached hydrogen (secondary N) is 1. The molecule has 0 fully saturated rings. The second-order valence-electron chi connectivity index (χ2n) is 4.18. The number of rotatable bonds is 3. The number of carbonyl (C=O) groups excluding carboxylic acids is 1. The maximum Gasteiger partial charge on any atom is 0.251 e. The highest BCUT2D eigenvalue weighted by atomic mass is 35.5. The summed E-state index contributed by atoms with van der Waals surface area (Å²) in [7, 11) is 0. The summed E-state index contributed by atoms with van der Waals surface area (Å²) in [4.78, 5) is 11.5. The van der Waals surface area contributed by atoms with Crippen molar-refractivity contribution in [2.75, 3.05) is 6.54 Å². The van der Waals surface area contributed by atoms with Crippen LogP contribution in [0.1, 0.15) is 24.2 Å². The van der Waals surface area contributed by atoms with Gasteiger partial charge < -0.3 is 11.1 Å². The zero-order valence-corrected chi connectivity index (χ0v) is 10.1. The van der Waals surface area contributed by atoms with Crippen LogP contribution in [-0.2, 0) is 0 Å². The van der Waals surface area contributed by atoms with Gasteiger partial charge in [0, 0.05) is 17.6 Å². The molecule has 0 aromatic heterocycles. The van der Waals surface area contributed by atoms with Gasteiger partial charge in [-0.1, -0.05) is 0 Å². The molecule has 16 heavy (non-hydrogen) atoms. The topological polar surface area (TPSA) is 55.1 Å². The Morgan fingerprint density at radius 1 is 1.38 bits per heavy atom. The van der Waals surface area contributed by atoms with Crippen LogP contribution in [0.5, 0.6) is 0 Å². The van der Waals surface area contributed by atoms with Gasteiger partial charge in [0.1, 0.15) is 5.82 Å². The van der Waals surface area contributed by atoms with Crippen molar-refractivity contribution < 1.29 is 9.18 Å². The lowest BCUT2D eigenvalue weighted by molar-refractivity contribution is 0.0946. The zero-order valence-electron chi connectivity index (χ0n) is 9.29. The largest absolute Gasteiger partial charge is 0.350 e. The molecule has 0 aliphatic rings. The van der Waals surface area contributed by atoms with E-state index >= 15 is 0 Å². The molecule has 0 radical (unpaired) electrons. The van der Waals surface area contributed by atoms with Crippen LogP contribution in [0.2, 0.25) is 0 Å². The van der Waals surface area contributed by atoms with Gasteiger partial charge in [-0.05, 0) is 38.1 Å². The third-order valence-electron chi connectivity index (χ3n) is 1.81. The first-order valence-electron chi connectivity index (χ1n) is 4.71. The molecule has 1 amide bonds. The van der Waals surface area contributed by atoms with Crippen LogP contribution < -0.4 is 11.1 Å². The zero-order chi connectivity index (χ0) is 11.5. The van der Waals surface area contributed by atoms with Crippen molar-refractivity contribution >= 4 is 18.3 Å². The SMILES string of the molecule is CC(C)(N)CNC(=O)c1ccc(F)cc1.Cl. The quantitative estimate of drug-likeness (QED) is 0.853. The van der Waals surface area contributed by atoms with Crippen LogP contribution in [0.15, 0.2) is 24.3 Å². The Labute approximate surface area is 101 Å². The molecule has 5 heteroatoms. The van der Waals surface area contributed by atoms with E-state index in [0.717, 1.165) is 0 Å². The molecule has 0 unspecified atom stereocenters. The third kappa shape index (κ3) is 5.09. The van der Waals surface area contributed by atoms with Gasteiger partial charge in [-0.3, -0.25) is 4.79 Å². The van der Waals surface area contributed by atoms with Crippen molar-refractivity contribution in [1.29, 1.82) is 0 Å². The Morgan fingerprint density at radius 2 is 1.88 bits per heavy atom. The number of benzene rings is 1. The molecule has 0 heterocycles. The van der Waals surface area contributed by atoms with Crippen LogP contribution in [0.3, 0.4) is 0 Å². The van der Waals surface area contributed by atoms with Crippen molar-refractivity contribution in [3.05, 3.63) is 35.6 Å². The van der Waals surface area contributed by atoms with Crippen molar-refractivity contribution in [2.45, 2.75) is 19.4 Å². The highest BCUT2D eigenvalue weighted by molar-refractivity contribution is 5.94. The Kier molecular flexibility index (Phi) is 5.41. The average Bonchev–Trinajstić information content (AvgIpc) is 2.14. The number of nitrogens with two attached hydrogens (primary N) is 1. The molecule has 1 rings (SSSR count). The lowest BCUT2D eigenvalue weighted by atomic mass is 10.1. The van der Waals surface area contributed by atoms with Gasteiger partial charge in [-0.2, -0.15) is 0 Å². The standard InChI is InChI=1S/C11H15FN2O.ClH/c1-11(2,13)7-14-10(15)8-3-5-9(12)6-4-8;/h3-6H,7,13H2,1-2H3,(H,14,15);1H. The molecule has 3 N–H and O–H groups in total. The molecule has 0 saturated carbocycles. The Hall–Kier alpha value is -1.13.